The molecule has 1 aliphatic heterocycles. The molecular weight excluding hydrogens is 195 g/mol. The third kappa shape index (κ3) is 2.23. The average Bonchev–Trinajstić information content (AvgIpc) is 2.81. The fraction of sp³-hybridized carbons (Fsp3) is 0.417. The van der Waals surface area contributed by atoms with E-state index in [1.54, 1.807) is 24.3 Å². The van der Waals surface area contributed by atoms with Crippen LogP contribution in [0.25, 0.3) is 0 Å². The Hall–Kier alpha value is -1.22. The van der Waals surface area contributed by atoms with Crippen molar-refractivity contribution in [2.75, 3.05) is 13.2 Å². The molecule has 15 heavy (non-hydrogen) atoms. The molecule has 2 nitrogen and oxygen atoms in total. The van der Waals surface area contributed by atoms with Crippen molar-refractivity contribution in [3.63, 3.8) is 0 Å². The first kappa shape index (κ1) is 10.3. The molecule has 1 aliphatic rings. The van der Waals surface area contributed by atoms with Crippen molar-refractivity contribution >= 4 is 6.29 Å². The molecular formula is C12H13FO2. The van der Waals surface area contributed by atoms with Gasteiger partial charge in [-0.15, -0.1) is 0 Å². The van der Waals surface area contributed by atoms with Crippen LogP contribution in [0.2, 0.25) is 0 Å². The molecule has 2 rings (SSSR count). The second kappa shape index (κ2) is 4.53. The summed E-state index contributed by atoms with van der Waals surface area (Å²) in [6.45, 7) is 1.12. The summed E-state index contributed by atoms with van der Waals surface area (Å²) in [4.78, 5) is 10.6. The van der Waals surface area contributed by atoms with E-state index in [9.17, 15) is 9.18 Å². The van der Waals surface area contributed by atoms with Crippen molar-refractivity contribution < 1.29 is 13.9 Å². The summed E-state index contributed by atoms with van der Waals surface area (Å²) in [6.07, 6.45) is 0.473. The zero-order valence-corrected chi connectivity index (χ0v) is 8.36. The topological polar surface area (TPSA) is 26.3 Å². The maximum absolute atomic E-state index is 14.0. The monoisotopic (exact) mass is 208 g/mol. The Morgan fingerprint density at radius 3 is 3.07 bits per heavy atom. The third-order valence-corrected chi connectivity index (χ3v) is 2.74. The standard InChI is InChI=1S/C12H13FO2/c13-12(11-4-5-15-8-11)10-3-1-2-9(6-10)7-14/h1-3,6-7,11-12H,4-5,8H2. The van der Waals surface area contributed by atoms with Gasteiger partial charge in [0.25, 0.3) is 0 Å². The molecule has 2 unspecified atom stereocenters. The lowest BCUT2D eigenvalue weighted by Gasteiger charge is -2.14. The zero-order chi connectivity index (χ0) is 10.7. The minimum atomic E-state index is -1.02. The van der Waals surface area contributed by atoms with E-state index in [-0.39, 0.29) is 5.92 Å². The van der Waals surface area contributed by atoms with Crippen LogP contribution < -0.4 is 0 Å². The summed E-state index contributed by atoms with van der Waals surface area (Å²) >= 11 is 0. The second-order valence-electron chi connectivity index (χ2n) is 3.81. The van der Waals surface area contributed by atoms with Gasteiger partial charge in [-0.25, -0.2) is 4.39 Å². The van der Waals surface area contributed by atoms with E-state index >= 15 is 0 Å². The molecule has 0 N–H and O–H groups in total. The smallest absolute Gasteiger partial charge is 0.150 e. The minimum Gasteiger partial charge on any atom is -0.381 e. The number of hydrogen-bond acceptors (Lipinski definition) is 2. The Balaban J connectivity index is 2.16. The quantitative estimate of drug-likeness (QED) is 0.713. The van der Waals surface area contributed by atoms with Crippen molar-refractivity contribution in [3.05, 3.63) is 35.4 Å². The molecule has 0 saturated carbocycles. The van der Waals surface area contributed by atoms with E-state index in [1.165, 1.54) is 0 Å². The van der Waals surface area contributed by atoms with Gasteiger partial charge >= 0.3 is 0 Å². The number of carbonyl (C=O) groups is 1. The summed E-state index contributed by atoms with van der Waals surface area (Å²) in [5, 5.41) is 0. The molecule has 80 valence electrons. The van der Waals surface area contributed by atoms with Gasteiger partial charge in [-0.2, -0.15) is 0 Å². The van der Waals surface area contributed by atoms with Crippen LogP contribution in [0.3, 0.4) is 0 Å². The van der Waals surface area contributed by atoms with Crippen LogP contribution in [0.5, 0.6) is 0 Å². The van der Waals surface area contributed by atoms with Gasteiger partial charge < -0.3 is 4.74 Å². The van der Waals surface area contributed by atoms with E-state index in [0.29, 0.717) is 24.3 Å². The molecule has 0 aromatic heterocycles. The molecule has 2 atom stereocenters. The highest BCUT2D eigenvalue weighted by molar-refractivity contribution is 5.74. The zero-order valence-electron chi connectivity index (χ0n) is 8.36. The molecule has 1 aromatic rings. The van der Waals surface area contributed by atoms with Crippen molar-refractivity contribution in [3.8, 4) is 0 Å². The van der Waals surface area contributed by atoms with Gasteiger partial charge in [0.05, 0.1) is 6.61 Å². The third-order valence-electron chi connectivity index (χ3n) is 2.74. The maximum atomic E-state index is 14.0. The lowest BCUT2D eigenvalue weighted by Crippen LogP contribution is -2.08. The summed E-state index contributed by atoms with van der Waals surface area (Å²) in [5.74, 6) is -0.0631. The van der Waals surface area contributed by atoms with Crippen molar-refractivity contribution in [2.24, 2.45) is 5.92 Å². The van der Waals surface area contributed by atoms with Crippen LogP contribution >= 0.6 is 0 Å². The van der Waals surface area contributed by atoms with Gasteiger partial charge in [-0.3, -0.25) is 4.79 Å². The molecule has 1 fully saturated rings. The molecule has 0 bridgehead atoms. The van der Waals surface area contributed by atoms with Gasteiger partial charge in [-0.1, -0.05) is 18.2 Å². The number of alkyl halides is 1. The molecule has 1 saturated heterocycles. The fourth-order valence-electron chi connectivity index (χ4n) is 1.86. The summed E-state index contributed by atoms with van der Waals surface area (Å²) in [7, 11) is 0. The van der Waals surface area contributed by atoms with Gasteiger partial charge in [-0.05, 0) is 18.1 Å². The molecule has 1 aromatic carbocycles. The lowest BCUT2D eigenvalue weighted by atomic mass is 9.95. The van der Waals surface area contributed by atoms with Crippen LogP contribution in [0.15, 0.2) is 24.3 Å². The molecule has 3 heteroatoms. The fourth-order valence-corrected chi connectivity index (χ4v) is 1.86. The SMILES string of the molecule is O=Cc1cccc(C(F)C2CCOC2)c1. The first-order chi connectivity index (χ1) is 7.31. The molecule has 0 spiro atoms. The van der Waals surface area contributed by atoms with Crippen molar-refractivity contribution in [2.45, 2.75) is 12.6 Å². The van der Waals surface area contributed by atoms with Crippen LogP contribution in [-0.2, 0) is 4.74 Å². The van der Waals surface area contributed by atoms with Crippen LogP contribution in [0, 0.1) is 5.92 Å². The van der Waals surface area contributed by atoms with E-state index in [0.717, 1.165) is 12.7 Å². The Labute approximate surface area is 88.1 Å². The minimum absolute atomic E-state index is 0.0631. The van der Waals surface area contributed by atoms with Crippen LogP contribution in [0.1, 0.15) is 28.5 Å². The predicted molar refractivity (Wildman–Crippen MR) is 54.6 cm³/mol. The normalized spacial score (nSPS) is 22.6. The Morgan fingerprint density at radius 1 is 1.53 bits per heavy atom. The Morgan fingerprint density at radius 2 is 2.40 bits per heavy atom. The second-order valence-corrected chi connectivity index (χ2v) is 3.81. The first-order valence-electron chi connectivity index (χ1n) is 5.08. The van der Waals surface area contributed by atoms with E-state index in [1.807, 2.05) is 0 Å². The molecule has 0 aliphatic carbocycles. The van der Waals surface area contributed by atoms with Gasteiger partial charge in [0, 0.05) is 18.1 Å². The van der Waals surface area contributed by atoms with E-state index in [2.05, 4.69) is 0 Å². The van der Waals surface area contributed by atoms with Crippen molar-refractivity contribution in [1.29, 1.82) is 0 Å². The number of halogens is 1. The highest BCUT2D eigenvalue weighted by Crippen LogP contribution is 2.32. The van der Waals surface area contributed by atoms with Gasteiger partial charge in [0.2, 0.25) is 0 Å². The number of ether oxygens (including phenoxy) is 1. The number of hydrogen-bond donors (Lipinski definition) is 0. The number of benzene rings is 1. The summed E-state index contributed by atoms with van der Waals surface area (Å²) in [6, 6.07) is 6.71. The van der Waals surface area contributed by atoms with Crippen LogP contribution in [0.4, 0.5) is 4.39 Å². The molecule has 0 radical (unpaired) electrons. The first-order valence-corrected chi connectivity index (χ1v) is 5.08. The lowest BCUT2D eigenvalue weighted by molar-refractivity contribution is 0.112. The molecule has 1 heterocycles. The van der Waals surface area contributed by atoms with Crippen LogP contribution in [-0.4, -0.2) is 19.5 Å². The highest BCUT2D eigenvalue weighted by atomic mass is 19.1. The molecule has 0 amide bonds. The highest BCUT2D eigenvalue weighted by Gasteiger charge is 2.26. The Bertz CT molecular complexity index is 345. The number of carbonyl (C=O) groups excluding carboxylic acids is 1. The maximum Gasteiger partial charge on any atom is 0.150 e. The summed E-state index contributed by atoms with van der Waals surface area (Å²) < 4.78 is 19.1. The van der Waals surface area contributed by atoms with E-state index < -0.39 is 6.17 Å². The average molecular weight is 208 g/mol. The number of aldehydes is 1. The van der Waals surface area contributed by atoms with Crippen molar-refractivity contribution in [1.82, 2.24) is 0 Å². The predicted octanol–water partition coefficient (Wildman–Crippen LogP) is 2.55. The van der Waals surface area contributed by atoms with Gasteiger partial charge in [0.15, 0.2) is 0 Å². The largest absolute Gasteiger partial charge is 0.381 e. The van der Waals surface area contributed by atoms with E-state index in [4.69, 9.17) is 4.74 Å². The van der Waals surface area contributed by atoms with Gasteiger partial charge in [0.1, 0.15) is 12.5 Å². The Kier molecular flexibility index (Phi) is 3.11. The number of rotatable bonds is 3. The summed E-state index contributed by atoms with van der Waals surface area (Å²) in [5.41, 5.74) is 1.10.